The number of hydrogen-bond acceptors (Lipinski definition) is 2. The molecule has 1 heterocycles. The van der Waals surface area contributed by atoms with E-state index < -0.39 is 5.82 Å². The molecule has 1 aromatic carbocycles. The molecule has 2 rings (SSSR count). The first-order chi connectivity index (χ1) is 8.09. The summed E-state index contributed by atoms with van der Waals surface area (Å²) >= 11 is 0. The van der Waals surface area contributed by atoms with Gasteiger partial charge in [-0.15, -0.1) is 12.4 Å². The van der Waals surface area contributed by atoms with Crippen LogP contribution in [0.2, 0.25) is 0 Å². The zero-order chi connectivity index (χ0) is 12.4. The molecule has 0 spiro atoms. The Morgan fingerprint density at radius 1 is 1.39 bits per heavy atom. The summed E-state index contributed by atoms with van der Waals surface area (Å²) in [7, 11) is 0. The molecule has 1 amide bonds. The summed E-state index contributed by atoms with van der Waals surface area (Å²) in [4.78, 5) is 14.0. The Bertz CT molecular complexity index is 427. The molecule has 1 aromatic rings. The molecule has 100 valence electrons. The molecular formula is C13H18ClFN2O. The van der Waals surface area contributed by atoms with Crippen molar-refractivity contribution in [3.63, 3.8) is 0 Å². The molecule has 1 aliphatic rings. The van der Waals surface area contributed by atoms with Gasteiger partial charge in [-0.1, -0.05) is 12.1 Å². The number of rotatable bonds is 1. The van der Waals surface area contributed by atoms with E-state index in [2.05, 4.69) is 5.32 Å². The van der Waals surface area contributed by atoms with E-state index in [1.54, 1.807) is 17.0 Å². The van der Waals surface area contributed by atoms with Crippen molar-refractivity contribution in [2.45, 2.75) is 25.9 Å². The van der Waals surface area contributed by atoms with Crippen molar-refractivity contribution in [2.24, 2.45) is 0 Å². The van der Waals surface area contributed by atoms with E-state index in [9.17, 15) is 9.18 Å². The highest BCUT2D eigenvalue weighted by Crippen LogP contribution is 2.14. The second-order valence-electron chi connectivity index (χ2n) is 4.60. The number of benzene rings is 1. The Kier molecular flexibility index (Phi) is 5.11. The van der Waals surface area contributed by atoms with Crippen molar-refractivity contribution in [3.05, 3.63) is 35.6 Å². The van der Waals surface area contributed by atoms with Gasteiger partial charge >= 0.3 is 0 Å². The van der Waals surface area contributed by atoms with Crippen molar-refractivity contribution in [1.29, 1.82) is 0 Å². The van der Waals surface area contributed by atoms with Crippen LogP contribution in [0.1, 0.15) is 24.2 Å². The number of nitrogens with zero attached hydrogens (tertiary/aromatic N) is 1. The predicted octanol–water partition coefficient (Wildman–Crippen LogP) is 2.07. The van der Waals surface area contributed by atoms with Gasteiger partial charge in [-0.3, -0.25) is 4.79 Å². The van der Waals surface area contributed by atoms with E-state index in [4.69, 9.17) is 0 Å². The molecule has 18 heavy (non-hydrogen) atoms. The third kappa shape index (κ3) is 3.00. The van der Waals surface area contributed by atoms with Gasteiger partial charge in [0.1, 0.15) is 5.82 Å². The lowest BCUT2D eigenvalue weighted by molar-refractivity contribution is 0.0611. The summed E-state index contributed by atoms with van der Waals surface area (Å²) in [5.41, 5.74) is 0.161. The topological polar surface area (TPSA) is 32.3 Å². The van der Waals surface area contributed by atoms with Crippen molar-refractivity contribution in [2.75, 3.05) is 13.1 Å². The van der Waals surface area contributed by atoms with Crippen LogP contribution in [0.15, 0.2) is 24.3 Å². The smallest absolute Gasteiger partial charge is 0.257 e. The molecule has 0 radical (unpaired) electrons. The summed E-state index contributed by atoms with van der Waals surface area (Å²) < 4.78 is 13.6. The fourth-order valence-corrected chi connectivity index (χ4v) is 2.09. The van der Waals surface area contributed by atoms with Gasteiger partial charge in [0.2, 0.25) is 0 Å². The van der Waals surface area contributed by atoms with Crippen LogP contribution >= 0.6 is 12.4 Å². The van der Waals surface area contributed by atoms with Gasteiger partial charge < -0.3 is 10.2 Å². The van der Waals surface area contributed by atoms with Crippen LogP contribution < -0.4 is 5.32 Å². The Balaban J connectivity index is 0.00000162. The van der Waals surface area contributed by atoms with Crippen LogP contribution in [-0.2, 0) is 0 Å². The van der Waals surface area contributed by atoms with Crippen molar-refractivity contribution in [3.8, 4) is 0 Å². The minimum Gasteiger partial charge on any atom is -0.333 e. The third-order valence-corrected chi connectivity index (χ3v) is 3.13. The maximum atomic E-state index is 13.6. The van der Waals surface area contributed by atoms with Gasteiger partial charge in [-0.05, 0) is 26.0 Å². The van der Waals surface area contributed by atoms with Gasteiger partial charge in [0, 0.05) is 25.2 Å². The molecule has 3 nitrogen and oxygen atoms in total. The van der Waals surface area contributed by atoms with Gasteiger partial charge in [-0.25, -0.2) is 4.39 Å². The van der Waals surface area contributed by atoms with Gasteiger partial charge in [-0.2, -0.15) is 0 Å². The lowest BCUT2D eigenvalue weighted by atomic mass is 10.1. The summed E-state index contributed by atoms with van der Waals surface area (Å²) in [6, 6.07) is 6.49. The van der Waals surface area contributed by atoms with E-state index in [0.29, 0.717) is 6.54 Å². The molecule has 1 N–H and O–H groups in total. The molecule has 1 saturated heterocycles. The number of amides is 1. The van der Waals surface area contributed by atoms with E-state index in [1.807, 2.05) is 13.8 Å². The maximum absolute atomic E-state index is 13.6. The highest BCUT2D eigenvalue weighted by molar-refractivity contribution is 5.94. The number of nitrogens with one attached hydrogen (secondary N) is 1. The first-order valence-electron chi connectivity index (χ1n) is 5.88. The monoisotopic (exact) mass is 272 g/mol. The van der Waals surface area contributed by atoms with E-state index in [1.165, 1.54) is 12.1 Å². The number of halogens is 2. The molecule has 1 fully saturated rings. The molecule has 0 saturated carbocycles. The molecule has 5 heteroatoms. The number of carbonyl (C=O) groups excluding carboxylic acids is 1. The van der Waals surface area contributed by atoms with Crippen LogP contribution in [0.5, 0.6) is 0 Å². The highest BCUT2D eigenvalue weighted by Gasteiger charge is 2.28. The molecule has 2 unspecified atom stereocenters. The lowest BCUT2D eigenvalue weighted by Gasteiger charge is -2.37. The van der Waals surface area contributed by atoms with Crippen LogP contribution in [0.3, 0.4) is 0 Å². The molecule has 0 bridgehead atoms. The second-order valence-corrected chi connectivity index (χ2v) is 4.60. The summed E-state index contributed by atoms with van der Waals surface area (Å²) in [6.07, 6.45) is 0. The minimum atomic E-state index is -0.448. The number of piperazine rings is 1. The second kappa shape index (κ2) is 6.16. The maximum Gasteiger partial charge on any atom is 0.257 e. The number of carbonyl (C=O) groups is 1. The largest absolute Gasteiger partial charge is 0.333 e. The molecule has 2 atom stereocenters. The van der Waals surface area contributed by atoms with Gasteiger partial charge in [0.25, 0.3) is 5.91 Å². The highest BCUT2D eigenvalue weighted by atomic mass is 35.5. The van der Waals surface area contributed by atoms with Crippen LogP contribution in [0.25, 0.3) is 0 Å². The van der Waals surface area contributed by atoms with Crippen LogP contribution in [0.4, 0.5) is 4.39 Å². The standard InChI is InChI=1S/C13H17FN2O.ClH/c1-9-8-16(10(2)7-15-9)13(17)11-5-3-4-6-12(11)14;/h3-6,9-10,15H,7-8H2,1-2H3;1H. The normalized spacial score (nSPS) is 23.4. The minimum absolute atomic E-state index is 0. The van der Waals surface area contributed by atoms with Crippen LogP contribution in [0, 0.1) is 5.82 Å². The fourth-order valence-electron chi connectivity index (χ4n) is 2.09. The fraction of sp³-hybridized carbons (Fsp3) is 0.462. The summed E-state index contributed by atoms with van der Waals surface area (Å²) in [6.45, 7) is 5.36. The van der Waals surface area contributed by atoms with Crippen molar-refractivity contribution in [1.82, 2.24) is 10.2 Å². The zero-order valence-corrected chi connectivity index (χ0v) is 11.3. The molecule has 0 aliphatic carbocycles. The molecule has 0 aromatic heterocycles. The Hall–Kier alpha value is -1.13. The number of hydrogen-bond donors (Lipinski definition) is 1. The molecular weight excluding hydrogens is 255 g/mol. The summed E-state index contributed by atoms with van der Waals surface area (Å²) in [5.74, 6) is -0.667. The van der Waals surface area contributed by atoms with Gasteiger partial charge in [0.15, 0.2) is 0 Å². The van der Waals surface area contributed by atoms with Crippen molar-refractivity contribution >= 4 is 18.3 Å². The Labute approximate surface area is 113 Å². The quantitative estimate of drug-likeness (QED) is 0.849. The van der Waals surface area contributed by atoms with Crippen LogP contribution in [-0.4, -0.2) is 36.0 Å². The zero-order valence-electron chi connectivity index (χ0n) is 10.5. The van der Waals surface area contributed by atoms with Crippen molar-refractivity contribution < 1.29 is 9.18 Å². The third-order valence-electron chi connectivity index (χ3n) is 3.13. The Morgan fingerprint density at radius 3 is 2.72 bits per heavy atom. The van der Waals surface area contributed by atoms with E-state index in [0.717, 1.165) is 6.54 Å². The first-order valence-corrected chi connectivity index (χ1v) is 5.88. The SMILES string of the molecule is CC1CN(C(=O)c2ccccc2F)C(C)CN1.Cl. The molecule has 1 aliphatic heterocycles. The van der Waals surface area contributed by atoms with Gasteiger partial charge in [0.05, 0.1) is 5.56 Å². The predicted molar refractivity (Wildman–Crippen MR) is 71.6 cm³/mol. The van der Waals surface area contributed by atoms with E-state index in [-0.39, 0.29) is 36.0 Å². The first kappa shape index (κ1) is 14.9. The summed E-state index contributed by atoms with van der Waals surface area (Å²) in [5, 5.41) is 3.30. The Morgan fingerprint density at radius 2 is 2.06 bits per heavy atom. The van der Waals surface area contributed by atoms with E-state index >= 15 is 0 Å². The average Bonchev–Trinajstić information content (AvgIpc) is 2.32. The average molecular weight is 273 g/mol. The lowest BCUT2D eigenvalue weighted by Crippen LogP contribution is -2.56.